The van der Waals surface area contributed by atoms with Gasteiger partial charge in [-0.25, -0.2) is 4.79 Å². The van der Waals surface area contributed by atoms with Gasteiger partial charge in [0.1, 0.15) is 5.60 Å². The lowest BCUT2D eigenvalue weighted by Crippen LogP contribution is -2.51. The van der Waals surface area contributed by atoms with Gasteiger partial charge in [0.15, 0.2) is 0 Å². The van der Waals surface area contributed by atoms with Crippen LogP contribution in [0.1, 0.15) is 70.9 Å². The second-order valence-electron chi connectivity index (χ2n) is 9.58. The van der Waals surface area contributed by atoms with Crippen LogP contribution in [0.3, 0.4) is 0 Å². The Hall–Kier alpha value is -2.22. The lowest BCUT2D eigenvalue weighted by Gasteiger charge is -2.45. The van der Waals surface area contributed by atoms with E-state index in [2.05, 4.69) is 30.6 Å². The van der Waals surface area contributed by atoms with E-state index in [4.69, 9.17) is 4.74 Å². The lowest BCUT2D eigenvalue weighted by atomic mass is 9.69. The SMILES string of the molecule is CC(C)(C)OC(=O)NCC(C)(C)[C@H]1Nc2ccc(C#N)cc2[C@H]2CCC[C@H]21. The Balaban J connectivity index is 1.77. The Morgan fingerprint density at radius 2 is 2.04 bits per heavy atom. The van der Waals surface area contributed by atoms with E-state index in [9.17, 15) is 10.1 Å². The molecule has 5 nitrogen and oxygen atoms in total. The Morgan fingerprint density at radius 1 is 1.30 bits per heavy atom. The number of nitrogens with one attached hydrogen (secondary N) is 2. The van der Waals surface area contributed by atoms with Crippen molar-refractivity contribution in [2.24, 2.45) is 11.3 Å². The van der Waals surface area contributed by atoms with Gasteiger partial charge in [0.2, 0.25) is 0 Å². The maximum absolute atomic E-state index is 12.1. The number of amides is 1. The average Bonchev–Trinajstić information content (AvgIpc) is 3.07. The van der Waals surface area contributed by atoms with Crippen molar-refractivity contribution < 1.29 is 9.53 Å². The summed E-state index contributed by atoms with van der Waals surface area (Å²) in [6, 6.07) is 8.49. The normalized spacial score (nSPS) is 24.2. The van der Waals surface area contributed by atoms with Gasteiger partial charge in [-0.3, -0.25) is 0 Å². The molecule has 1 amide bonds. The molecular formula is C22H31N3O2. The summed E-state index contributed by atoms with van der Waals surface area (Å²) in [5.74, 6) is 1.00. The standard InChI is InChI=1S/C22H31N3O2/c1-21(2,3)27-20(26)24-13-22(4,5)19-16-8-6-7-15(16)17-11-14(12-23)9-10-18(17)25-19/h9-11,15-16,19,25H,6-8,13H2,1-5H3,(H,24,26)/t15-,16+,19-/m0/s1. The molecule has 5 heteroatoms. The minimum absolute atomic E-state index is 0.129. The first-order valence-corrected chi connectivity index (χ1v) is 9.88. The van der Waals surface area contributed by atoms with Gasteiger partial charge in [-0.2, -0.15) is 5.26 Å². The molecule has 27 heavy (non-hydrogen) atoms. The zero-order valence-electron chi connectivity index (χ0n) is 17.1. The first kappa shape index (κ1) is 19.5. The third-order valence-corrected chi connectivity index (χ3v) is 5.82. The number of carbonyl (C=O) groups is 1. The predicted octanol–water partition coefficient (Wildman–Crippen LogP) is 4.79. The third-order valence-electron chi connectivity index (χ3n) is 5.82. The van der Waals surface area contributed by atoms with Gasteiger partial charge >= 0.3 is 6.09 Å². The number of ether oxygens (including phenoxy) is 1. The maximum Gasteiger partial charge on any atom is 0.407 e. The van der Waals surface area contributed by atoms with Crippen LogP contribution in [0, 0.1) is 22.7 Å². The average molecular weight is 370 g/mol. The van der Waals surface area contributed by atoms with E-state index in [-0.39, 0.29) is 17.6 Å². The summed E-state index contributed by atoms with van der Waals surface area (Å²) in [6.07, 6.45) is 3.18. The highest BCUT2D eigenvalue weighted by atomic mass is 16.6. The zero-order valence-corrected chi connectivity index (χ0v) is 17.1. The van der Waals surface area contributed by atoms with Crippen molar-refractivity contribution in [3.63, 3.8) is 0 Å². The van der Waals surface area contributed by atoms with Crippen molar-refractivity contribution in [2.75, 3.05) is 11.9 Å². The van der Waals surface area contributed by atoms with Crippen LogP contribution in [0.5, 0.6) is 0 Å². The molecule has 0 radical (unpaired) electrons. The van der Waals surface area contributed by atoms with E-state index in [0.29, 0.717) is 18.4 Å². The Labute approximate surface area is 162 Å². The quantitative estimate of drug-likeness (QED) is 0.803. The zero-order chi connectivity index (χ0) is 19.8. The number of rotatable bonds is 3. The number of alkyl carbamates (subject to hydrolysis) is 1. The molecule has 1 aliphatic heterocycles. The van der Waals surface area contributed by atoms with Gasteiger partial charge in [0.25, 0.3) is 0 Å². The summed E-state index contributed by atoms with van der Waals surface area (Å²) in [7, 11) is 0. The molecule has 3 atom stereocenters. The molecular weight excluding hydrogens is 338 g/mol. The monoisotopic (exact) mass is 369 g/mol. The molecule has 146 valence electrons. The van der Waals surface area contributed by atoms with E-state index in [0.717, 1.165) is 11.3 Å². The van der Waals surface area contributed by atoms with Gasteiger partial charge in [-0.1, -0.05) is 20.3 Å². The molecule has 2 aliphatic rings. The number of carbonyl (C=O) groups excluding carboxylic acids is 1. The van der Waals surface area contributed by atoms with Crippen LogP contribution in [0.4, 0.5) is 10.5 Å². The topological polar surface area (TPSA) is 74.2 Å². The fraction of sp³-hybridized carbons (Fsp3) is 0.636. The number of hydrogen-bond donors (Lipinski definition) is 2. The molecule has 2 N–H and O–H groups in total. The van der Waals surface area contributed by atoms with Crippen molar-refractivity contribution in [1.82, 2.24) is 5.32 Å². The van der Waals surface area contributed by atoms with E-state index in [1.807, 2.05) is 39.0 Å². The van der Waals surface area contributed by atoms with Crippen molar-refractivity contribution >= 4 is 11.8 Å². The summed E-state index contributed by atoms with van der Waals surface area (Å²) in [6.45, 7) is 10.6. The minimum atomic E-state index is -0.495. The minimum Gasteiger partial charge on any atom is -0.444 e. The van der Waals surface area contributed by atoms with Gasteiger partial charge in [0.05, 0.1) is 11.6 Å². The van der Waals surface area contributed by atoms with Crippen LogP contribution in [0.25, 0.3) is 0 Å². The van der Waals surface area contributed by atoms with E-state index < -0.39 is 5.60 Å². The first-order valence-electron chi connectivity index (χ1n) is 9.88. The van der Waals surface area contributed by atoms with Gasteiger partial charge in [0, 0.05) is 23.7 Å². The highest BCUT2D eigenvalue weighted by Crippen LogP contribution is 2.51. The molecule has 0 unspecified atom stereocenters. The van der Waals surface area contributed by atoms with Gasteiger partial charge in [-0.15, -0.1) is 0 Å². The van der Waals surface area contributed by atoms with Crippen LogP contribution in [-0.2, 0) is 4.74 Å². The van der Waals surface area contributed by atoms with Gasteiger partial charge in [-0.05, 0) is 69.2 Å². The Kier molecular flexibility index (Phi) is 5.12. The highest BCUT2D eigenvalue weighted by Gasteiger charge is 2.46. The van der Waals surface area contributed by atoms with Crippen LogP contribution in [0.2, 0.25) is 0 Å². The lowest BCUT2D eigenvalue weighted by molar-refractivity contribution is 0.0495. The largest absolute Gasteiger partial charge is 0.444 e. The summed E-state index contributed by atoms with van der Waals surface area (Å²) in [5, 5.41) is 15.9. The second-order valence-corrected chi connectivity index (χ2v) is 9.58. The summed E-state index contributed by atoms with van der Waals surface area (Å²) < 4.78 is 5.39. The fourth-order valence-electron chi connectivity index (χ4n) is 4.62. The van der Waals surface area contributed by atoms with E-state index in [1.165, 1.54) is 24.8 Å². The predicted molar refractivity (Wildman–Crippen MR) is 107 cm³/mol. The van der Waals surface area contributed by atoms with Gasteiger partial charge < -0.3 is 15.4 Å². The third kappa shape index (κ3) is 4.21. The number of hydrogen-bond acceptors (Lipinski definition) is 4. The van der Waals surface area contributed by atoms with Crippen molar-refractivity contribution in [1.29, 1.82) is 5.26 Å². The molecule has 0 spiro atoms. The number of nitrogens with zero attached hydrogens (tertiary/aromatic N) is 1. The smallest absolute Gasteiger partial charge is 0.407 e. The van der Waals surface area contributed by atoms with Crippen molar-refractivity contribution in [3.05, 3.63) is 29.3 Å². The molecule has 3 rings (SSSR count). The molecule has 0 bridgehead atoms. The van der Waals surface area contributed by atoms with Crippen LogP contribution >= 0.6 is 0 Å². The fourth-order valence-corrected chi connectivity index (χ4v) is 4.62. The molecule has 1 aromatic rings. The molecule has 0 aromatic heterocycles. The molecule has 0 saturated heterocycles. The molecule has 1 fully saturated rings. The number of anilines is 1. The molecule has 1 aliphatic carbocycles. The Morgan fingerprint density at radius 3 is 2.70 bits per heavy atom. The highest BCUT2D eigenvalue weighted by molar-refractivity contribution is 5.67. The Bertz CT molecular complexity index is 758. The maximum atomic E-state index is 12.1. The first-order chi connectivity index (χ1) is 12.6. The number of fused-ring (bicyclic) bond motifs is 3. The summed E-state index contributed by atoms with van der Waals surface area (Å²) in [4.78, 5) is 12.1. The van der Waals surface area contributed by atoms with Crippen LogP contribution < -0.4 is 10.6 Å². The van der Waals surface area contributed by atoms with Crippen molar-refractivity contribution in [2.45, 2.75) is 71.4 Å². The summed E-state index contributed by atoms with van der Waals surface area (Å²) in [5.41, 5.74) is 2.52. The molecule has 1 aromatic carbocycles. The van der Waals surface area contributed by atoms with Crippen molar-refractivity contribution in [3.8, 4) is 6.07 Å². The number of nitriles is 1. The second kappa shape index (κ2) is 7.07. The van der Waals surface area contributed by atoms with Crippen LogP contribution in [0.15, 0.2) is 18.2 Å². The number of benzene rings is 1. The molecule has 1 heterocycles. The molecule has 1 saturated carbocycles. The van der Waals surface area contributed by atoms with Crippen LogP contribution in [-0.4, -0.2) is 24.3 Å². The summed E-state index contributed by atoms with van der Waals surface area (Å²) >= 11 is 0. The van der Waals surface area contributed by atoms with E-state index in [1.54, 1.807) is 0 Å². The van der Waals surface area contributed by atoms with E-state index >= 15 is 0 Å².